The van der Waals surface area contributed by atoms with Gasteiger partial charge in [-0.1, -0.05) is 91.0 Å². The summed E-state index contributed by atoms with van der Waals surface area (Å²) < 4.78 is 5.58. The lowest BCUT2D eigenvalue weighted by Crippen LogP contribution is -2.26. The van der Waals surface area contributed by atoms with Crippen molar-refractivity contribution in [3.05, 3.63) is 108 Å². The smallest absolute Gasteiger partial charge is 0.407 e. The quantitative estimate of drug-likeness (QED) is 0.349. The minimum absolute atomic E-state index is 0.0699. The summed E-state index contributed by atoms with van der Waals surface area (Å²) in [5.41, 5.74) is 7.96. The predicted molar refractivity (Wildman–Crippen MR) is 131 cm³/mol. The van der Waals surface area contributed by atoms with Gasteiger partial charge in [0.15, 0.2) is 0 Å². The lowest BCUT2D eigenvalue weighted by atomic mass is 9.98. The summed E-state index contributed by atoms with van der Waals surface area (Å²) in [7, 11) is 0. The summed E-state index contributed by atoms with van der Waals surface area (Å²) in [5.74, 6) is 0.0699. The Labute approximate surface area is 193 Å². The van der Waals surface area contributed by atoms with Gasteiger partial charge >= 0.3 is 6.09 Å². The highest BCUT2D eigenvalue weighted by Gasteiger charge is 2.28. The molecule has 5 rings (SSSR count). The van der Waals surface area contributed by atoms with Gasteiger partial charge in [-0.3, -0.25) is 5.10 Å². The zero-order valence-electron chi connectivity index (χ0n) is 18.2. The summed E-state index contributed by atoms with van der Waals surface area (Å²) in [6, 6.07) is 26.7. The zero-order valence-corrected chi connectivity index (χ0v) is 18.2. The van der Waals surface area contributed by atoms with Crippen LogP contribution in [0.4, 0.5) is 4.79 Å². The monoisotopic (exact) mass is 435 g/mol. The molecule has 164 valence electrons. The molecule has 1 aromatic heterocycles. The van der Waals surface area contributed by atoms with Crippen LogP contribution in [0.25, 0.3) is 28.5 Å². The van der Waals surface area contributed by atoms with Crippen molar-refractivity contribution in [1.82, 2.24) is 15.5 Å². The molecular weight excluding hydrogens is 410 g/mol. The predicted octanol–water partition coefficient (Wildman–Crippen LogP) is 6.02. The van der Waals surface area contributed by atoms with Crippen LogP contribution in [-0.4, -0.2) is 29.4 Å². The van der Waals surface area contributed by atoms with Crippen LogP contribution >= 0.6 is 0 Å². The maximum absolute atomic E-state index is 12.3. The highest BCUT2D eigenvalue weighted by molar-refractivity contribution is 5.79. The Bertz CT molecular complexity index is 1230. The van der Waals surface area contributed by atoms with Crippen LogP contribution in [0.3, 0.4) is 0 Å². The van der Waals surface area contributed by atoms with Gasteiger partial charge < -0.3 is 10.1 Å². The van der Waals surface area contributed by atoms with Crippen molar-refractivity contribution in [2.45, 2.75) is 12.3 Å². The van der Waals surface area contributed by atoms with Crippen LogP contribution in [0.15, 0.2) is 91.1 Å². The number of alkyl carbamates (subject to hydrolysis) is 1. The van der Waals surface area contributed by atoms with E-state index in [0.29, 0.717) is 19.6 Å². The Balaban J connectivity index is 1.12. The largest absolute Gasteiger partial charge is 0.449 e. The van der Waals surface area contributed by atoms with Gasteiger partial charge in [-0.15, -0.1) is 0 Å². The van der Waals surface area contributed by atoms with E-state index >= 15 is 0 Å². The minimum atomic E-state index is -0.390. The number of carbonyl (C=O) groups excluding carboxylic acids is 1. The number of ether oxygens (including phenoxy) is 1. The van der Waals surface area contributed by atoms with Crippen molar-refractivity contribution in [1.29, 1.82) is 0 Å². The van der Waals surface area contributed by atoms with E-state index in [1.54, 1.807) is 6.20 Å². The maximum atomic E-state index is 12.3. The Morgan fingerprint density at radius 1 is 0.939 bits per heavy atom. The molecule has 0 atom stereocenters. The van der Waals surface area contributed by atoms with Gasteiger partial charge in [0, 0.05) is 23.6 Å². The Kier molecular flexibility index (Phi) is 6.02. The first-order chi connectivity index (χ1) is 16.3. The van der Waals surface area contributed by atoms with Gasteiger partial charge in [0.2, 0.25) is 0 Å². The third-order valence-electron chi connectivity index (χ3n) is 5.95. The van der Waals surface area contributed by atoms with E-state index in [-0.39, 0.29) is 5.92 Å². The van der Waals surface area contributed by atoms with Crippen molar-refractivity contribution in [2.75, 3.05) is 13.2 Å². The standard InChI is InChI=1S/C28H25N3O2/c32-28(29-17-9-8-12-21-18-30-31-27(21)20-10-2-1-3-11-20)33-19-26-24-15-6-4-13-22(24)23-14-5-7-16-25(23)26/h1-8,10-16,18,26H,9,17,19H2,(H,29,32)(H,30,31). The molecule has 3 aromatic carbocycles. The normalized spacial score (nSPS) is 12.5. The molecule has 1 heterocycles. The average Bonchev–Trinajstić information content (AvgIpc) is 3.46. The second kappa shape index (κ2) is 9.57. The van der Waals surface area contributed by atoms with E-state index in [0.717, 1.165) is 16.8 Å². The van der Waals surface area contributed by atoms with Crippen LogP contribution in [0.2, 0.25) is 0 Å². The van der Waals surface area contributed by atoms with E-state index in [1.807, 2.05) is 66.7 Å². The molecule has 1 aliphatic carbocycles. The van der Waals surface area contributed by atoms with Crippen LogP contribution in [0.1, 0.15) is 29.0 Å². The molecule has 0 bridgehead atoms. The summed E-state index contributed by atoms with van der Waals surface area (Å²) >= 11 is 0. The molecule has 0 fully saturated rings. The number of fused-ring (bicyclic) bond motifs is 3. The number of nitrogens with zero attached hydrogens (tertiary/aromatic N) is 1. The molecule has 1 amide bonds. The average molecular weight is 436 g/mol. The Morgan fingerprint density at radius 3 is 2.33 bits per heavy atom. The first kappa shape index (κ1) is 20.8. The number of amides is 1. The number of aromatic nitrogens is 2. The van der Waals surface area contributed by atoms with Gasteiger partial charge in [-0.25, -0.2) is 4.79 Å². The van der Waals surface area contributed by atoms with E-state index in [1.165, 1.54) is 22.3 Å². The Morgan fingerprint density at radius 2 is 1.61 bits per heavy atom. The molecule has 1 aliphatic rings. The van der Waals surface area contributed by atoms with E-state index < -0.39 is 6.09 Å². The van der Waals surface area contributed by atoms with E-state index in [4.69, 9.17) is 4.74 Å². The molecule has 5 nitrogen and oxygen atoms in total. The van der Waals surface area contributed by atoms with Crippen LogP contribution in [0, 0.1) is 0 Å². The molecular formula is C28H25N3O2. The first-order valence-corrected chi connectivity index (χ1v) is 11.2. The fraction of sp³-hybridized carbons (Fsp3) is 0.143. The van der Waals surface area contributed by atoms with Crippen molar-refractivity contribution >= 4 is 12.2 Å². The van der Waals surface area contributed by atoms with Crippen molar-refractivity contribution in [2.24, 2.45) is 0 Å². The number of rotatable bonds is 7. The molecule has 0 saturated heterocycles. The number of H-pyrrole nitrogens is 1. The van der Waals surface area contributed by atoms with Crippen molar-refractivity contribution in [3.63, 3.8) is 0 Å². The van der Waals surface area contributed by atoms with Crippen LogP contribution < -0.4 is 5.32 Å². The zero-order chi connectivity index (χ0) is 22.5. The lowest BCUT2D eigenvalue weighted by molar-refractivity contribution is 0.143. The molecule has 4 aromatic rings. The summed E-state index contributed by atoms with van der Waals surface area (Å²) in [4.78, 5) is 12.3. The van der Waals surface area contributed by atoms with Gasteiger partial charge in [0.05, 0.1) is 11.9 Å². The molecule has 0 saturated carbocycles. The fourth-order valence-corrected chi connectivity index (χ4v) is 4.38. The number of benzene rings is 3. The molecule has 33 heavy (non-hydrogen) atoms. The topological polar surface area (TPSA) is 67.0 Å². The second-order valence-electron chi connectivity index (χ2n) is 8.01. The van der Waals surface area contributed by atoms with Gasteiger partial charge in [-0.2, -0.15) is 5.10 Å². The summed E-state index contributed by atoms with van der Waals surface area (Å²) in [5, 5.41) is 10.0. The van der Waals surface area contributed by atoms with Crippen molar-refractivity contribution < 1.29 is 9.53 Å². The maximum Gasteiger partial charge on any atom is 0.407 e. The number of hydrogen-bond acceptors (Lipinski definition) is 3. The van der Waals surface area contributed by atoms with Crippen molar-refractivity contribution in [3.8, 4) is 22.4 Å². The van der Waals surface area contributed by atoms with Gasteiger partial charge in [0.1, 0.15) is 6.61 Å². The number of carbonyl (C=O) groups is 1. The van der Waals surface area contributed by atoms with E-state index in [2.05, 4.69) is 39.8 Å². The Hall–Kier alpha value is -4.12. The minimum Gasteiger partial charge on any atom is -0.449 e. The van der Waals surface area contributed by atoms with Gasteiger partial charge in [-0.05, 0) is 28.7 Å². The highest BCUT2D eigenvalue weighted by Crippen LogP contribution is 2.44. The van der Waals surface area contributed by atoms with Gasteiger partial charge in [0.25, 0.3) is 0 Å². The van der Waals surface area contributed by atoms with E-state index in [9.17, 15) is 4.79 Å². The number of aromatic amines is 1. The lowest BCUT2D eigenvalue weighted by Gasteiger charge is -2.14. The fourth-order valence-electron chi connectivity index (χ4n) is 4.38. The summed E-state index contributed by atoms with van der Waals surface area (Å²) in [6.45, 7) is 0.830. The second-order valence-corrected chi connectivity index (χ2v) is 8.01. The first-order valence-electron chi connectivity index (χ1n) is 11.2. The highest BCUT2D eigenvalue weighted by atomic mass is 16.5. The summed E-state index contributed by atoms with van der Waals surface area (Å²) in [6.07, 6.45) is 6.16. The third-order valence-corrected chi connectivity index (χ3v) is 5.95. The third kappa shape index (κ3) is 4.44. The molecule has 0 spiro atoms. The molecule has 5 heteroatoms. The molecule has 0 unspecified atom stereocenters. The van der Waals surface area contributed by atoms with Crippen LogP contribution in [0.5, 0.6) is 0 Å². The SMILES string of the molecule is O=C(NCCC=Cc1cn[nH]c1-c1ccccc1)OCC1c2ccccc2-c2ccccc21. The molecule has 2 N–H and O–H groups in total. The van der Waals surface area contributed by atoms with Crippen LogP contribution in [-0.2, 0) is 4.74 Å². The number of hydrogen-bond donors (Lipinski definition) is 2. The molecule has 0 radical (unpaired) electrons. The number of nitrogens with one attached hydrogen (secondary N) is 2. The molecule has 0 aliphatic heterocycles.